The van der Waals surface area contributed by atoms with E-state index in [1.165, 1.54) is 0 Å². The molecule has 1 aliphatic rings. The molecule has 12 heavy (non-hydrogen) atoms. The fourth-order valence-electron chi connectivity index (χ4n) is 1.10. The lowest BCUT2D eigenvalue weighted by Gasteiger charge is -2.10. The van der Waals surface area contributed by atoms with Crippen LogP contribution in [0.3, 0.4) is 0 Å². The van der Waals surface area contributed by atoms with E-state index in [0.29, 0.717) is 0 Å². The zero-order valence-corrected chi connectivity index (χ0v) is 7.90. The number of hydrogen-bond donors (Lipinski definition) is 0. The van der Waals surface area contributed by atoms with Crippen LogP contribution in [0.4, 0.5) is 5.69 Å². The molecular weight excluding hydrogens is 216 g/mol. The van der Waals surface area contributed by atoms with E-state index in [2.05, 4.69) is 27.3 Å². The fraction of sp³-hybridized carbons (Fsp3) is 0. The Hall–Kier alpha value is -1.09. The largest absolute Gasteiger partial charge is 0.197 e. The van der Waals surface area contributed by atoms with Crippen molar-refractivity contribution in [1.29, 1.82) is 0 Å². The molecule has 0 radical (unpaired) electrons. The summed E-state index contributed by atoms with van der Waals surface area (Å²) in [5, 5.41) is 4.10. The van der Waals surface area contributed by atoms with Crippen LogP contribution < -0.4 is 4.03 Å². The van der Waals surface area contributed by atoms with Crippen LogP contribution in [0.25, 0.3) is 6.08 Å². The van der Waals surface area contributed by atoms with Crippen molar-refractivity contribution in [3.05, 3.63) is 35.9 Å². The van der Waals surface area contributed by atoms with E-state index in [9.17, 15) is 0 Å². The molecule has 0 saturated carbocycles. The van der Waals surface area contributed by atoms with Gasteiger partial charge in [0.15, 0.2) is 0 Å². The number of nitrogens with zero attached hydrogens (tertiary/aromatic N) is 2. The molecule has 0 bridgehead atoms. The molecule has 2 nitrogen and oxygen atoms in total. The van der Waals surface area contributed by atoms with Gasteiger partial charge in [0.05, 0.1) is 21.8 Å². The monoisotopic (exact) mass is 222 g/mol. The molecule has 1 aromatic rings. The van der Waals surface area contributed by atoms with Crippen LogP contribution in [0, 0.1) is 0 Å². The number of benzene rings is 1. The van der Waals surface area contributed by atoms with Crippen LogP contribution in [0.1, 0.15) is 5.56 Å². The van der Waals surface area contributed by atoms with Gasteiger partial charge in [0.2, 0.25) is 0 Å². The van der Waals surface area contributed by atoms with Crippen LogP contribution in [-0.2, 0) is 0 Å². The minimum atomic E-state index is 1.06. The normalized spacial score (nSPS) is 14.2. The van der Waals surface area contributed by atoms with Crippen LogP contribution in [0.2, 0.25) is 0 Å². The first-order valence-corrected chi connectivity index (χ1v) is 4.34. The highest BCUT2D eigenvalue weighted by atomic mass is 79.9. The van der Waals surface area contributed by atoms with Crippen molar-refractivity contribution in [3.8, 4) is 0 Å². The van der Waals surface area contributed by atoms with Gasteiger partial charge in [-0.15, -0.1) is 0 Å². The molecule has 0 fully saturated rings. The van der Waals surface area contributed by atoms with Gasteiger partial charge in [-0.05, 0) is 12.1 Å². The zero-order chi connectivity index (χ0) is 8.39. The average Bonchev–Trinajstić information content (AvgIpc) is 2.29. The van der Waals surface area contributed by atoms with Crippen molar-refractivity contribution >= 4 is 34.1 Å². The third-order valence-electron chi connectivity index (χ3n) is 1.67. The third-order valence-corrected chi connectivity index (χ3v) is 2.23. The Morgan fingerprint density at radius 3 is 3.00 bits per heavy atom. The number of para-hydroxylation sites is 1. The Bertz CT molecular complexity index is 344. The van der Waals surface area contributed by atoms with E-state index < -0.39 is 0 Å². The van der Waals surface area contributed by atoms with Crippen LogP contribution in [-0.4, -0.2) is 6.21 Å². The second-order valence-electron chi connectivity index (χ2n) is 2.44. The first kappa shape index (κ1) is 7.55. The molecular formula is C9H7BrN2. The molecule has 0 spiro atoms. The van der Waals surface area contributed by atoms with Gasteiger partial charge in [-0.2, -0.15) is 9.14 Å². The zero-order valence-electron chi connectivity index (χ0n) is 6.31. The van der Waals surface area contributed by atoms with Crippen molar-refractivity contribution < 1.29 is 0 Å². The Morgan fingerprint density at radius 2 is 2.08 bits per heavy atom. The number of allylic oxidation sites excluding steroid dienone is 1. The summed E-state index contributed by atoms with van der Waals surface area (Å²) >= 11 is 3.33. The molecule has 0 amide bonds. The summed E-state index contributed by atoms with van der Waals surface area (Å²) in [6.45, 7) is 0. The van der Waals surface area contributed by atoms with E-state index in [1.807, 2.05) is 30.4 Å². The maximum Gasteiger partial charge on any atom is 0.0796 e. The van der Waals surface area contributed by atoms with Crippen molar-refractivity contribution in [2.45, 2.75) is 0 Å². The highest BCUT2D eigenvalue weighted by Gasteiger charge is 2.05. The standard InChI is InChI=1S/C9H7BrN2/c10-12-9-6-2-1-4-8(9)5-3-7-11-12/h1-7H. The predicted molar refractivity (Wildman–Crippen MR) is 55.4 cm³/mol. The quantitative estimate of drug-likeness (QED) is 0.617. The predicted octanol–water partition coefficient (Wildman–Crippen LogP) is 2.82. The van der Waals surface area contributed by atoms with Gasteiger partial charge in [-0.3, -0.25) is 0 Å². The summed E-state index contributed by atoms with van der Waals surface area (Å²) in [6, 6.07) is 8.06. The molecule has 60 valence electrons. The van der Waals surface area contributed by atoms with Gasteiger partial charge in [-0.1, -0.05) is 24.3 Å². The van der Waals surface area contributed by atoms with Crippen molar-refractivity contribution in [2.24, 2.45) is 5.10 Å². The van der Waals surface area contributed by atoms with Gasteiger partial charge in [0.1, 0.15) is 0 Å². The van der Waals surface area contributed by atoms with Crippen LogP contribution >= 0.6 is 16.1 Å². The average molecular weight is 223 g/mol. The van der Waals surface area contributed by atoms with Crippen LogP contribution in [0.15, 0.2) is 35.4 Å². The molecule has 2 rings (SSSR count). The minimum Gasteiger partial charge on any atom is -0.197 e. The fourth-order valence-corrected chi connectivity index (χ4v) is 1.53. The lowest BCUT2D eigenvalue weighted by atomic mass is 10.2. The van der Waals surface area contributed by atoms with Crippen molar-refractivity contribution in [1.82, 2.24) is 0 Å². The molecule has 1 aliphatic heterocycles. The summed E-state index contributed by atoms with van der Waals surface area (Å²) in [7, 11) is 0. The maximum absolute atomic E-state index is 4.10. The highest BCUT2D eigenvalue weighted by molar-refractivity contribution is 9.10. The Balaban J connectivity index is 2.56. The number of rotatable bonds is 0. The number of hydrazone groups is 1. The van der Waals surface area contributed by atoms with Gasteiger partial charge in [0, 0.05) is 11.8 Å². The summed E-state index contributed by atoms with van der Waals surface area (Å²) in [4.78, 5) is 0. The van der Waals surface area contributed by atoms with E-state index in [1.54, 1.807) is 10.2 Å². The van der Waals surface area contributed by atoms with E-state index in [0.717, 1.165) is 11.3 Å². The topological polar surface area (TPSA) is 15.6 Å². The SMILES string of the molecule is BrN1N=CC=Cc2ccccc21. The third kappa shape index (κ3) is 1.28. The first-order chi connectivity index (χ1) is 5.88. The number of fused-ring (bicyclic) bond motifs is 1. The Kier molecular flexibility index (Phi) is 1.96. The smallest absolute Gasteiger partial charge is 0.0796 e. The molecule has 0 atom stereocenters. The highest BCUT2D eigenvalue weighted by Crippen LogP contribution is 2.25. The van der Waals surface area contributed by atoms with Gasteiger partial charge in [0.25, 0.3) is 0 Å². The second kappa shape index (κ2) is 3.11. The number of anilines is 1. The molecule has 3 heteroatoms. The molecule has 1 aromatic carbocycles. The van der Waals surface area contributed by atoms with Crippen LogP contribution in [0.5, 0.6) is 0 Å². The summed E-state index contributed by atoms with van der Waals surface area (Å²) in [5.74, 6) is 0. The van der Waals surface area contributed by atoms with Crippen molar-refractivity contribution in [2.75, 3.05) is 4.03 Å². The molecule has 0 saturated heterocycles. The number of hydrogen-bond acceptors (Lipinski definition) is 2. The van der Waals surface area contributed by atoms with E-state index in [4.69, 9.17) is 0 Å². The molecule has 0 N–H and O–H groups in total. The van der Waals surface area contributed by atoms with Gasteiger partial charge < -0.3 is 0 Å². The van der Waals surface area contributed by atoms with E-state index in [-0.39, 0.29) is 0 Å². The lowest BCUT2D eigenvalue weighted by Crippen LogP contribution is -1.99. The molecule has 0 aliphatic carbocycles. The van der Waals surface area contributed by atoms with E-state index >= 15 is 0 Å². The first-order valence-electron chi connectivity index (χ1n) is 3.63. The lowest BCUT2D eigenvalue weighted by molar-refractivity contribution is 1.24. The number of halogens is 1. The molecule has 1 heterocycles. The summed E-state index contributed by atoms with van der Waals surface area (Å²) in [5.41, 5.74) is 2.22. The second-order valence-corrected chi connectivity index (χ2v) is 3.11. The maximum atomic E-state index is 4.10. The molecule has 0 unspecified atom stereocenters. The van der Waals surface area contributed by atoms with Gasteiger partial charge in [-0.25, -0.2) is 0 Å². The van der Waals surface area contributed by atoms with Crippen molar-refractivity contribution in [3.63, 3.8) is 0 Å². The molecule has 0 aromatic heterocycles. The summed E-state index contributed by atoms with van der Waals surface area (Å²) < 4.78 is 1.68. The van der Waals surface area contributed by atoms with Gasteiger partial charge >= 0.3 is 0 Å². The Morgan fingerprint density at radius 1 is 1.25 bits per heavy atom. The summed E-state index contributed by atoms with van der Waals surface area (Å²) in [6.07, 6.45) is 5.69. The Labute approximate surface area is 79.5 Å². The minimum absolute atomic E-state index is 1.06.